The van der Waals surface area contributed by atoms with Gasteiger partial charge in [0.2, 0.25) is 5.91 Å². The molecular weight excluding hydrogens is 325 g/mol. The van der Waals surface area contributed by atoms with E-state index >= 15 is 0 Å². The maximum absolute atomic E-state index is 11.9. The number of hydrogen-bond donors (Lipinski definition) is 2. The minimum Gasteiger partial charge on any atom is -0.383 e. The van der Waals surface area contributed by atoms with Gasteiger partial charge in [0, 0.05) is 32.7 Å². The highest BCUT2D eigenvalue weighted by atomic mass is 35.5. The molecule has 2 fully saturated rings. The molecule has 0 aromatic rings. The first-order valence-electron chi connectivity index (χ1n) is 8.00. The lowest BCUT2D eigenvalue weighted by Crippen LogP contribution is -2.41. The van der Waals surface area contributed by atoms with E-state index in [0.29, 0.717) is 18.4 Å². The van der Waals surface area contributed by atoms with Crippen LogP contribution in [0.1, 0.15) is 32.1 Å². The fraction of sp³-hybridized carbons (Fsp3) is 0.933. The molecule has 2 unspecified atom stereocenters. The lowest BCUT2D eigenvalue weighted by molar-refractivity contribution is -0.121. The highest BCUT2D eigenvalue weighted by Gasteiger charge is 2.24. The van der Waals surface area contributed by atoms with Crippen LogP contribution in [0.15, 0.2) is 0 Å². The fourth-order valence-electron chi connectivity index (χ4n) is 3.25. The van der Waals surface area contributed by atoms with Crippen molar-refractivity contribution in [3.8, 4) is 0 Å². The van der Waals surface area contributed by atoms with Crippen LogP contribution in [0.5, 0.6) is 0 Å². The Morgan fingerprint density at radius 3 is 2.86 bits per heavy atom. The van der Waals surface area contributed by atoms with Gasteiger partial charge in [0.05, 0.1) is 6.61 Å². The minimum absolute atomic E-state index is 0. The highest BCUT2D eigenvalue weighted by molar-refractivity contribution is 5.85. The van der Waals surface area contributed by atoms with E-state index in [-0.39, 0.29) is 30.7 Å². The third-order valence-electron chi connectivity index (χ3n) is 4.56. The molecule has 0 aromatic heterocycles. The first kappa shape index (κ1) is 21.9. The van der Waals surface area contributed by atoms with Gasteiger partial charge in [-0.25, -0.2) is 0 Å². The second kappa shape index (κ2) is 12.4. The molecule has 1 amide bonds. The summed E-state index contributed by atoms with van der Waals surface area (Å²) in [4.78, 5) is 14.3. The minimum atomic E-state index is 0. The van der Waals surface area contributed by atoms with Crippen molar-refractivity contribution in [1.82, 2.24) is 15.5 Å². The van der Waals surface area contributed by atoms with Gasteiger partial charge in [0.15, 0.2) is 0 Å². The van der Waals surface area contributed by atoms with Crippen molar-refractivity contribution in [2.24, 2.45) is 5.92 Å². The zero-order valence-electron chi connectivity index (χ0n) is 13.5. The van der Waals surface area contributed by atoms with Crippen LogP contribution in [0, 0.1) is 5.92 Å². The summed E-state index contributed by atoms with van der Waals surface area (Å²) in [7, 11) is 1.74. The van der Waals surface area contributed by atoms with Crippen molar-refractivity contribution >= 4 is 30.7 Å². The number of nitrogens with one attached hydrogen (secondary N) is 2. The molecular formula is C15H31Cl2N3O2. The van der Waals surface area contributed by atoms with Gasteiger partial charge in [0.1, 0.15) is 0 Å². The van der Waals surface area contributed by atoms with E-state index in [4.69, 9.17) is 4.74 Å². The molecule has 0 bridgehead atoms. The quantitative estimate of drug-likeness (QED) is 0.691. The van der Waals surface area contributed by atoms with Crippen molar-refractivity contribution in [2.45, 2.75) is 38.1 Å². The Balaban J connectivity index is 0.00000220. The summed E-state index contributed by atoms with van der Waals surface area (Å²) in [6.45, 7) is 5.89. The standard InChI is InChI=1S/C15H29N3O2.2ClH/c1-20-10-9-18-8-2-3-14(18)12-17-15(19)5-4-13-6-7-16-11-13;;/h13-14,16H,2-12H2,1H3,(H,17,19);2*1H. The number of ether oxygens (including phenoxy) is 1. The van der Waals surface area contributed by atoms with Gasteiger partial charge in [-0.15, -0.1) is 24.8 Å². The van der Waals surface area contributed by atoms with Crippen molar-refractivity contribution in [3.05, 3.63) is 0 Å². The number of rotatable bonds is 8. The van der Waals surface area contributed by atoms with Crippen LogP contribution >= 0.6 is 24.8 Å². The summed E-state index contributed by atoms with van der Waals surface area (Å²) in [5, 5.41) is 6.46. The van der Waals surface area contributed by atoms with E-state index in [9.17, 15) is 4.79 Å². The van der Waals surface area contributed by atoms with E-state index in [2.05, 4.69) is 15.5 Å². The number of hydrogen-bond acceptors (Lipinski definition) is 4. The van der Waals surface area contributed by atoms with E-state index in [0.717, 1.165) is 45.8 Å². The number of likely N-dealkylation sites (tertiary alicyclic amines) is 1. The molecule has 2 atom stereocenters. The molecule has 0 radical (unpaired) electrons. The maximum atomic E-state index is 11.9. The topological polar surface area (TPSA) is 53.6 Å². The van der Waals surface area contributed by atoms with Crippen molar-refractivity contribution < 1.29 is 9.53 Å². The Labute approximate surface area is 146 Å². The van der Waals surface area contributed by atoms with Crippen molar-refractivity contribution in [1.29, 1.82) is 0 Å². The molecule has 0 saturated carbocycles. The van der Waals surface area contributed by atoms with Gasteiger partial charge < -0.3 is 15.4 Å². The second-order valence-corrected chi connectivity index (χ2v) is 6.03. The Hall–Kier alpha value is -0.0700. The fourth-order valence-corrected chi connectivity index (χ4v) is 3.25. The first-order valence-corrected chi connectivity index (χ1v) is 8.00. The average molecular weight is 356 g/mol. The van der Waals surface area contributed by atoms with Gasteiger partial charge in [-0.2, -0.15) is 0 Å². The number of methoxy groups -OCH3 is 1. The van der Waals surface area contributed by atoms with E-state index < -0.39 is 0 Å². The Kier molecular flexibility index (Phi) is 12.3. The summed E-state index contributed by atoms with van der Waals surface area (Å²) in [6.07, 6.45) is 5.35. The molecule has 2 aliphatic heterocycles. The molecule has 132 valence electrons. The van der Waals surface area contributed by atoms with Crippen LogP contribution in [0.2, 0.25) is 0 Å². The molecule has 2 rings (SSSR count). The Bertz CT molecular complexity index is 303. The molecule has 5 nitrogen and oxygen atoms in total. The van der Waals surface area contributed by atoms with Crippen LogP contribution in [0.3, 0.4) is 0 Å². The molecule has 2 aliphatic rings. The summed E-state index contributed by atoms with van der Waals surface area (Å²) >= 11 is 0. The zero-order valence-corrected chi connectivity index (χ0v) is 15.1. The summed E-state index contributed by atoms with van der Waals surface area (Å²) in [5.41, 5.74) is 0. The van der Waals surface area contributed by atoms with Crippen LogP contribution in [-0.4, -0.2) is 63.3 Å². The summed E-state index contributed by atoms with van der Waals surface area (Å²) in [6, 6.07) is 0.502. The maximum Gasteiger partial charge on any atom is 0.220 e. The van der Waals surface area contributed by atoms with Gasteiger partial charge in [-0.1, -0.05) is 0 Å². The number of amides is 1. The van der Waals surface area contributed by atoms with Gasteiger partial charge >= 0.3 is 0 Å². The molecule has 22 heavy (non-hydrogen) atoms. The molecule has 0 spiro atoms. The SMILES string of the molecule is COCCN1CCCC1CNC(=O)CCC1CCNC1.Cl.Cl. The van der Waals surface area contributed by atoms with Crippen LogP contribution in [0.4, 0.5) is 0 Å². The molecule has 2 saturated heterocycles. The largest absolute Gasteiger partial charge is 0.383 e. The Morgan fingerprint density at radius 2 is 2.18 bits per heavy atom. The highest BCUT2D eigenvalue weighted by Crippen LogP contribution is 2.16. The lowest BCUT2D eigenvalue weighted by Gasteiger charge is -2.24. The second-order valence-electron chi connectivity index (χ2n) is 6.03. The first-order chi connectivity index (χ1) is 9.79. The number of halogens is 2. The number of carbonyl (C=O) groups excluding carboxylic acids is 1. The van der Waals surface area contributed by atoms with Crippen molar-refractivity contribution in [3.63, 3.8) is 0 Å². The summed E-state index contributed by atoms with van der Waals surface area (Å²) in [5.74, 6) is 0.918. The van der Waals surface area contributed by atoms with Gasteiger partial charge in [0.25, 0.3) is 0 Å². The monoisotopic (exact) mass is 355 g/mol. The van der Waals surface area contributed by atoms with Gasteiger partial charge in [-0.3, -0.25) is 9.69 Å². The number of nitrogens with zero attached hydrogens (tertiary/aromatic N) is 1. The predicted octanol–water partition coefficient (Wildman–Crippen LogP) is 1.45. The zero-order chi connectivity index (χ0) is 14.2. The van der Waals surface area contributed by atoms with Gasteiger partial charge in [-0.05, 0) is 51.2 Å². The molecule has 0 aromatic carbocycles. The van der Waals surface area contributed by atoms with Crippen LogP contribution in [-0.2, 0) is 9.53 Å². The molecule has 7 heteroatoms. The van der Waals surface area contributed by atoms with E-state index in [1.165, 1.54) is 19.3 Å². The van der Waals surface area contributed by atoms with Crippen LogP contribution < -0.4 is 10.6 Å². The third kappa shape index (κ3) is 7.47. The normalized spacial score (nSPS) is 24.6. The third-order valence-corrected chi connectivity index (χ3v) is 4.56. The smallest absolute Gasteiger partial charge is 0.220 e. The van der Waals surface area contributed by atoms with E-state index in [1.54, 1.807) is 7.11 Å². The summed E-state index contributed by atoms with van der Waals surface area (Å²) < 4.78 is 5.14. The molecule has 0 aliphatic carbocycles. The van der Waals surface area contributed by atoms with Crippen molar-refractivity contribution in [2.75, 3.05) is 46.4 Å². The number of carbonyl (C=O) groups is 1. The van der Waals surface area contributed by atoms with E-state index in [1.807, 2.05) is 0 Å². The molecule has 2 heterocycles. The Morgan fingerprint density at radius 1 is 1.36 bits per heavy atom. The lowest BCUT2D eigenvalue weighted by atomic mass is 10.0. The van der Waals surface area contributed by atoms with Crippen LogP contribution in [0.25, 0.3) is 0 Å². The molecule has 2 N–H and O–H groups in total. The average Bonchev–Trinajstić information content (AvgIpc) is 3.11. The predicted molar refractivity (Wildman–Crippen MR) is 94.2 cm³/mol.